The first-order valence-corrected chi connectivity index (χ1v) is 7.31. The average molecular weight is 315 g/mol. The number of amides is 1. The van der Waals surface area contributed by atoms with E-state index in [1.807, 2.05) is 12.2 Å². The third kappa shape index (κ3) is 4.11. The summed E-state index contributed by atoms with van der Waals surface area (Å²) in [5, 5.41) is 6.70. The minimum Gasteiger partial charge on any atom is -0.356 e. The van der Waals surface area contributed by atoms with Crippen molar-refractivity contribution in [3.63, 3.8) is 0 Å². The molecule has 0 spiro atoms. The van der Waals surface area contributed by atoms with E-state index in [-0.39, 0.29) is 24.3 Å². The van der Waals surface area contributed by atoms with Crippen LogP contribution < -0.4 is 5.32 Å². The van der Waals surface area contributed by atoms with Crippen molar-refractivity contribution in [2.24, 2.45) is 11.8 Å². The van der Waals surface area contributed by atoms with Crippen molar-refractivity contribution >= 4 is 5.91 Å². The summed E-state index contributed by atoms with van der Waals surface area (Å²) in [6.07, 6.45) is 0.985. The number of hydrogen-bond donors (Lipinski definition) is 1. The van der Waals surface area contributed by atoms with Gasteiger partial charge in [0.1, 0.15) is 5.69 Å². The fourth-order valence-electron chi connectivity index (χ4n) is 2.52. The molecule has 0 bridgehead atoms. The molecule has 22 heavy (non-hydrogen) atoms. The van der Waals surface area contributed by atoms with Gasteiger partial charge in [0.05, 0.1) is 5.69 Å². The normalized spacial score (nSPS) is 17.0. The van der Waals surface area contributed by atoms with Crippen LogP contribution in [0.1, 0.15) is 31.2 Å². The molecule has 1 aliphatic rings. The highest BCUT2D eigenvalue weighted by molar-refractivity contribution is 5.79. The Hall–Kier alpha value is -1.79. The Morgan fingerprint density at radius 3 is 2.68 bits per heavy atom. The molecule has 1 aromatic heterocycles. The second-order valence-electron chi connectivity index (χ2n) is 5.84. The van der Waals surface area contributed by atoms with Crippen molar-refractivity contribution < 1.29 is 18.0 Å². The maximum Gasteiger partial charge on any atom is 0.433 e. The van der Waals surface area contributed by atoms with Gasteiger partial charge >= 0.3 is 6.18 Å². The largest absolute Gasteiger partial charge is 0.433 e. The molecule has 1 N–H and O–H groups in total. The predicted molar refractivity (Wildman–Crippen MR) is 76.0 cm³/mol. The van der Waals surface area contributed by atoms with Gasteiger partial charge < -0.3 is 5.32 Å². The van der Waals surface area contributed by atoms with E-state index in [0.29, 0.717) is 12.2 Å². The van der Waals surface area contributed by atoms with Crippen molar-refractivity contribution in [3.8, 4) is 0 Å². The average Bonchev–Trinajstić information content (AvgIpc) is 3.04. The summed E-state index contributed by atoms with van der Waals surface area (Å²) in [5.41, 5.74) is -0.413. The number of nitrogens with zero attached hydrogens (tertiary/aromatic N) is 2. The first-order chi connectivity index (χ1) is 10.3. The number of aryl methyl sites for hydroxylation is 1. The van der Waals surface area contributed by atoms with Gasteiger partial charge in [-0.05, 0) is 31.7 Å². The zero-order chi connectivity index (χ0) is 16.3. The lowest BCUT2D eigenvalue weighted by Crippen LogP contribution is -2.34. The lowest BCUT2D eigenvalue weighted by Gasteiger charge is -2.17. The maximum atomic E-state index is 12.9. The Labute approximate surface area is 127 Å². The molecule has 0 fully saturated rings. The Bertz CT molecular complexity index is 555. The molecule has 122 valence electrons. The van der Waals surface area contributed by atoms with Gasteiger partial charge in [0, 0.05) is 19.0 Å². The molecular formula is C15H20F3N3O. The SMILES string of the molecule is Cc1cc(C(F)(F)F)n(C[C@H](C)CNC(=O)C2CC=CC2)n1. The van der Waals surface area contributed by atoms with E-state index >= 15 is 0 Å². The Morgan fingerprint density at radius 2 is 2.09 bits per heavy atom. The molecule has 7 heteroatoms. The summed E-state index contributed by atoms with van der Waals surface area (Å²) in [4.78, 5) is 11.9. The van der Waals surface area contributed by atoms with Gasteiger partial charge in [0.25, 0.3) is 0 Å². The lowest BCUT2D eigenvalue weighted by atomic mass is 10.1. The number of allylic oxidation sites excluding steroid dienone is 2. The summed E-state index contributed by atoms with van der Waals surface area (Å²) >= 11 is 0. The summed E-state index contributed by atoms with van der Waals surface area (Å²) in [6.45, 7) is 3.78. The van der Waals surface area contributed by atoms with Gasteiger partial charge in [-0.2, -0.15) is 18.3 Å². The number of aromatic nitrogens is 2. The van der Waals surface area contributed by atoms with E-state index in [1.54, 1.807) is 6.92 Å². The first kappa shape index (κ1) is 16.6. The van der Waals surface area contributed by atoms with Crippen LogP contribution in [0, 0.1) is 18.8 Å². The minimum atomic E-state index is -4.42. The topological polar surface area (TPSA) is 46.9 Å². The van der Waals surface area contributed by atoms with Crippen molar-refractivity contribution in [1.29, 1.82) is 0 Å². The third-order valence-corrected chi connectivity index (χ3v) is 3.68. The summed E-state index contributed by atoms with van der Waals surface area (Å²) in [6, 6.07) is 1.04. The summed E-state index contributed by atoms with van der Waals surface area (Å²) in [7, 11) is 0. The van der Waals surface area contributed by atoms with Crippen LogP contribution in [0.25, 0.3) is 0 Å². The highest BCUT2D eigenvalue weighted by atomic mass is 19.4. The molecule has 0 radical (unpaired) electrons. The number of hydrogen-bond acceptors (Lipinski definition) is 2. The number of carbonyl (C=O) groups is 1. The number of halogens is 3. The van der Waals surface area contributed by atoms with Crippen molar-refractivity contribution in [3.05, 3.63) is 29.6 Å². The predicted octanol–water partition coefficient (Wildman–Crippen LogP) is 2.93. The molecule has 2 rings (SSSR count). The van der Waals surface area contributed by atoms with Crippen LogP contribution in [-0.2, 0) is 17.5 Å². The zero-order valence-electron chi connectivity index (χ0n) is 12.7. The smallest absolute Gasteiger partial charge is 0.356 e. The van der Waals surface area contributed by atoms with E-state index in [9.17, 15) is 18.0 Å². The molecule has 1 amide bonds. The minimum absolute atomic E-state index is 0.0371. The molecule has 0 saturated carbocycles. The van der Waals surface area contributed by atoms with Crippen LogP contribution >= 0.6 is 0 Å². The molecule has 1 aliphatic carbocycles. The first-order valence-electron chi connectivity index (χ1n) is 7.31. The highest BCUT2D eigenvalue weighted by Crippen LogP contribution is 2.30. The van der Waals surface area contributed by atoms with E-state index in [4.69, 9.17) is 0 Å². The number of carbonyl (C=O) groups excluding carboxylic acids is 1. The van der Waals surface area contributed by atoms with E-state index < -0.39 is 11.9 Å². The molecule has 1 aromatic rings. The standard InChI is InChI=1S/C15H20F3N3O/c1-10(8-19-14(22)12-5-3-4-6-12)9-21-13(15(16,17)18)7-11(2)20-21/h3-4,7,10,12H,5-6,8-9H2,1-2H3,(H,19,22)/t10-/m1/s1. The van der Waals surface area contributed by atoms with Crippen LogP contribution in [0.3, 0.4) is 0 Å². The van der Waals surface area contributed by atoms with Crippen LogP contribution in [0.15, 0.2) is 18.2 Å². The molecule has 0 aromatic carbocycles. The van der Waals surface area contributed by atoms with Gasteiger partial charge in [-0.1, -0.05) is 19.1 Å². The fourth-order valence-corrected chi connectivity index (χ4v) is 2.52. The highest BCUT2D eigenvalue weighted by Gasteiger charge is 2.35. The monoisotopic (exact) mass is 315 g/mol. The van der Waals surface area contributed by atoms with Crippen molar-refractivity contribution in [2.75, 3.05) is 6.54 Å². The van der Waals surface area contributed by atoms with Gasteiger partial charge in [-0.25, -0.2) is 0 Å². The summed E-state index contributed by atoms with van der Waals surface area (Å²) in [5.74, 6) is -0.215. The summed E-state index contributed by atoms with van der Waals surface area (Å²) < 4.78 is 39.7. The van der Waals surface area contributed by atoms with Gasteiger partial charge in [0.15, 0.2) is 0 Å². The van der Waals surface area contributed by atoms with Gasteiger partial charge in [0.2, 0.25) is 5.91 Å². The molecule has 1 heterocycles. The number of rotatable bonds is 5. The molecule has 0 unspecified atom stereocenters. The molecule has 0 aliphatic heterocycles. The van der Waals surface area contributed by atoms with Crippen LogP contribution in [0.2, 0.25) is 0 Å². The molecule has 1 atom stereocenters. The number of nitrogens with one attached hydrogen (secondary N) is 1. The fraction of sp³-hybridized carbons (Fsp3) is 0.600. The van der Waals surface area contributed by atoms with E-state index in [0.717, 1.165) is 23.6 Å². The maximum absolute atomic E-state index is 12.9. The van der Waals surface area contributed by atoms with Crippen molar-refractivity contribution in [2.45, 2.75) is 39.4 Å². The Morgan fingerprint density at radius 1 is 1.45 bits per heavy atom. The number of alkyl halides is 3. The molecule has 0 saturated heterocycles. The van der Waals surface area contributed by atoms with Crippen LogP contribution in [0.5, 0.6) is 0 Å². The Kier molecular flexibility index (Phi) is 4.93. The second-order valence-corrected chi connectivity index (χ2v) is 5.84. The quantitative estimate of drug-likeness (QED) is 0.849. The van der Waals surface area contributed by atoms with Gasteiger partial charge in [-0.3, -0.25) is 9.48 Å². The molecule has 4 nitrogen and oxygen atoms in total. The van der Waals surface area contributed by atoms with Crippen LogP contribution in [0.4, 0.5) is 13.2 Å². The third-order valence-electron chi connectivity index (χ3n) is 3.68. The van der Waals surface area contributed by atoms with Gasteiger partial charge in [-0.15, -0.1) is 0 Å². The van der Waals surface area contributed by atoms with Crippen LogP contribution in [-0.4, -0.2) is 22.2 Å². The molecular weight excluding hydrogens is 295 g/mol. The van der Waals surface area contributed by atoms with E-state index in [2.05, 4.69) is 10.4 Å². The Balaban J connectivity index is 1.89. The van der Waals surface area contributed by atoms with E-state index in [1.165, 1.54) is 6.92 Å². The lowest BCUT2D eigenvalue weighted by molar-refractivity contribution is -0.144. The van der Waals surface area contributed by atoms with Crippen molar-refractivity contribution in [1.82, 2.24) is 15.1 Å². The second kappa shape index (κ2) is 6.54. The zero-order valence-corrected chi connectivity index (χ0v) is 12.7.